The van der Waals surface area contributed by atoms with Gasteiger partial charge in [0, 0.05) is 18.4 Å². The smallest absolute Gasteiger partial charge is 0.231 e. The van der Waals surface area contributed by atoms with Crippen molar-refractivity contribution in [1.29, 1.82) is 0 Å². The van der Waals surface area contributed by atoms with Gasteiger partial charge in [0.15, 0.2) is 0 Å². The highest BCUT2D eigenvalue weighted by Gasteiger charge is 2.04. The zero-order valence-corrected chi connectivity index (χ0v) is 7.53. The second-order valence-corrected chi connectivity index (χ2v) is 2.86. The average molecular weight is 179 g/mol. The first-order valence-corrected chi connectivity index (χ1v) is 4.12. The number of nitrogens with zero attached hydrogens (tertiary/aromatic N) is 1. The number of carbonyl (C=O) groups is 1. The van der Waals surface area contributed by atoms with Crippen LogP contribution in [-0.2, 0) is 4.79 Å². The lowest BCUT2D eigenvalue weighted by Crippen LogP contribution is -2.30. The van der Waals surface area contributed by atoms with Gasteiger partial charge in [0.1, 0.15) is 0 Å². The summed E-state index contributed by atoms with van der Waals surface area (Å²) in [5.74, 6) is -0.351. The second kappa shape index (κ2) is 4.57. The molecule has 0 fully saturated rings. The molecule has 0 spiro atoms. The molecule has 1 aromatic rings. The Morgan fingerprint density at radius 2 is 2.54 bits per heavy atom. The van der Waals surface area contributed by atoms with Crippen LogP contribution in [0.4, 0.5) is 0 Å². The van der Waals surface area contributed by atoms with Crippen molar-refractivity contribution in [2.75, 3.05) is 6.54 Å². The summed E-state index contributed by atoms with van der Waals surface area (Å²) in [7, 11) is 0. The van der Waals surface area contributed by atoms with Crippen molar-refractivity contribution in [3.05, 3.63) is 30.1 Å². The third kappa shape index (κ3) is 3.21. The zero-order valence-electron chi connectivity index (χ0n) is 7.53. The maximum absolute atomic E-state index is 10.5. The molecule has 1 amide bonds. The fourth-order valence-electron chi connectivity index (χ4n) is 1.00. The normalized spacial score (nSPS) is 12.4. The predicted molar refractivity (Wildman–Crippen MR) is 49.8 cm³/mol. The van der Waals surface area contributed by atoms with E-state index in [2.05, 4.69) is 10.3 Å². The molecule has 1 aromatic heterocycles. The molecule has 0 radical (unpaired) electrons. The number of aromatic nitrogens is 1. The first kappa shape index (κ1) is 9.67. The molecule has 4 heteroatoms. The fourth-order valence-corrected chi connectivity index (χ4v) is 1.00. The molecule has 3 N–H and O–H groups in total. The Morgan fingerprint density at radius 1 is 1.77 bits per heavy atom. The van der Waals surface area contributed by atoms with E-state index in [1.54, 1.807) is 12.4 Å². The van der Waals surface area contributed by atoms with Gasteiger partial charge >= 0.3 is 0 Å². The van der Waals surface area contributed by atoms with Gasteiger partial charge in [-0.3, -0.25) is 9.78 Å². The number of primary amides is 1. The van der Waals surface area contributed by atoms with Gasteiger partial charge in [-0.1, -0.05) is 6.07 Å². The number of carbonyl (C=O) groups excluding carboxylic acids is 1. The number of hydrogen-bond acceptors (Lipinski definition) is 3. The molecule has 0 saturated heterocycles. The predicted octanol–water partition coefficient (Wildman–Crippen LogP) is 0.217. The number of nitrogens with one attached hydrogen (secondary N) is 1. The molecule has 13 heavy (non-hydrogen) atoms. The van der Waals surface area contributed by atoms with Crippen LogP contribution in [0.5, 0.6) is 0 Å². The summed E-state index contributed by atoms with van der Waals surface area (Å²) in [5, 5.41) is 2.98. The third-order valence-electron chi connectivity index (χ3n) is 1.77. The van der Waals surface area contributed by atoms with Gasteiger partial charge in [0.2, 0.25) is 5.91 Å². The van der Waals surface area contributed by atoms with E-state index < -0.39 is 0 Å². The molecule has 1 rings (SSSR count). The topological polar surface area (TPSA) is 68.0 Å². The van der Waals surface area contributed by atoms with Gasteiger partial charge in [-0.15, -0.1) is 0 Å². The monoisotopic (exact) mass is 179 g/mol. The van der Waals surface area contributed by atoms with E-state index in [-0.39, 0.29) is 18.5 Å². The van der Waals surface area contributed by atoms with Crippen LogP contribution in [0.1, 0.15) is 18.5 Å². The van der Waals surface area contributed by atoms with E-state index in [9.17, 15) is 4.79 Å². The lowest BCUT2D eigenvalue weighted by molar-refractivity contribution is -0.117. The highest BCUT2D eigenvalue weighted by molar-refractivity contribution is 5.75. The number of nitrogens with two attached hydrogens (primary N) is 1. The number of amides is 1. The van der Waals surface area contributed by atoms with Gasteiger partial charge in [0.25, 0.3) is 0 Å². The second-order valence-electron chi connectivity index (χ2n) is 2.86. The number of hydrogen-bond donors (Lipinski definition) is 2. The lowest BCUT2D eigenvalue weighted by atomic mass is 10.1. The molecule has 1 unspecified atom stereocenters. The molecule has 0 bridgehead atoms. The molecule has 0 aliphatic carbocycles. The van der Waals surface area contributed by atoms with E-state index in [4.69, 9.17) is 5.73 Å². The van der Waals surface area contributed by atoms with E-state index in [0.29, 0.717) is 0 Å². The molecule has 0 aliphatic heterocycles. The minimum Gasteiger partial charge on any atom is -0.369 e. The summed E-state index contributed by atoms with van der Waals surface area (Å²) in [6.07, 6.45) is 3.48. The maximum Gasteiger partial charge on any atom is 0.231 e. The highest BCUT2D eigenvalue weighted by Crippen LogP contribution is 2.08. The van der Waals surface area contributed by atoms with Crippen LogP contribution in [0.15, 0.2) is 24.5 Å². The van der Waals surface area contributed by atoms with Crippen molar-refractivity contribution in [3.8, 4) is 0 Å². The van der Waals surface area contributed by atoms with Crippen LogP contribution in [-0.4, -0.2) is 17.4 Å². The molecule has 0 saturated carbocycles. The van der Waals surface area contributed by atoms with Gasteiger partial charge in [-0.05, 0) is 18.6 Å². The zero-order chi connectivity index (χ0) is 9.68. The van der Waals surface area contributed by atoms with Crippen molar-refractivity contribution >= 4 is 5.91 Å². The third-order valence-corrected chi connectivity index (χ3v) is 1.77. The first-order valence-electron chi connectivity index (χ1n) is 4.12. The molecular formula is C9H13N3O. The van der Waals surface area contributed by atoms with Crippen molar-refractivity contribution < 1.29 is 4.79 Å². The maximum atomic E-state index is 10.5. The van der Waals surface area contributed by atoms with Crippen molar-refractivity contribution in [1.82, 2.24) is 10.3 Å². The molecule has 0 aliphatic rings. The van der Waals surface area contributed by atoms with Gasteiger partial charge in [-0.25, -0.2) is 0 Å². The molecule has 1 heterocycles. The lowest BCUT2D eigenvalue weighted by Gasteiger charge is -2.11. The Bertz CT molecular complexity index is 273. The number of pyridine rings is 1. The summed E-state index contributed by atoms with van der Waals surface area (Å²) in [6, 6.07) is 3.91. The van der Waals surface area contributed by atoms with Crippen LogP contribution in [0.2, 0.25) is 0 Å². The van der Waals surface area contributed by atoms with Crippen molar-refractivity contribution in [2.45, 2.75) is 13.0 Å². The summed E-state index contributed by atoms with van der Waals surface area (Å²) < 4.78 is 0. The van der Waals surface area contributed by atoms with E-state index in [0.717, 1.165) is 5.56 Å². The minimum atomic E-state index is -0.351. The summed E-state index contributed by atoms with van der Waals surface area (Å²) in [6.45, 7) is 2.15. The van der Waals surface area contributed by atoms with Crippen LogP contribution in [0.3, 0.4) is 0 Å². The Hall–Kier alpha value is -1.42. The Morgan fingerprint density at radius 3 is 3.08 bits per heavy atom. The average Bonchev–Trinajstić information content (AvgIpc) is 2.15. The Balaban J connectivity index is 2.49. The molecule has 4 nitrogen and oxygen atoms in total. The van der Waals surface area contributed by atoms with Crippen LogP contribution >= 0.6 is 0 Å². The molecule has 70 valence electrons. The summed E-state index contributed by atoms with van der Waals surface area (Å²) in [4.78, 5) is 14.5. The van der Waals surface area contributed by atoms with Crippen LogP contribution < -0.4 is 11.1 Å². The van der Waals surface area contributed by atoms with Crippen molar-refractivity contribution in [2.24, 2.45) is 5.73 Å². The quantitative estimate of drug-likeness (QED) is 0.694. The molecular weight excluding hydrogens is 166 g/mol. The highest BCUT2D eigenvalue weighted by atomic mass is 16.1. The van der Waals surface area contributed by atoms with E-state index in [1.807, 2.05) is 19.1 Å². The van der Waals surface area contributed by atoms with Crippen LogP contribution in [0.25, 0.3) is 0 Å². The summed E-state index contributed by atoms with van der Waals surface area (Å²) >= 11 is 0. The van der Waals surface area contributed by atoms with E-state index >= 15 is 0 Å². The minimum absolute atomic E-state index is 0.0983. The molecule has 1 atom stereocenters. The van der Waals surface area contributed by atoms with Crippen molar-refractivity contribution in [3.63, 3.8) is 0 Å². The van der Waals surface area contributed by atoms with Crippen LogP contribution in [0, 0.1) is 0 Å². The largest absolute Gasteiger partial charge is 0.369 e. The summed E-state index contributed by atoms with van der Waals surface area (Å²) in [5.41, 5.74) is 6.05. The Labute approximate surface area is 77.2 Å². The van der Waals surface area contributed by atoms with Gasteiger partial charge in [-0.2, -0.15) is 0 Å². The first-order chi connectivity index (χ1) is 6.20. The number of rotatable bonds is 4. The van der Waals surface area contributed by atoms with Gasteiger partial charge in [0.05, 0.1) is 6.54 Å². The Kier molecular flexibility index (Phi) is 3.40. The van der Waals surface area contributed by atoms with E-state index in [1.165, 1.54) is 0 Å². The SMILES string of the molecule is CC(NCC(N)=O)c1cccnc1. The fraction of sp³-hybridized carbons (Fsp3) is 0.333. The van der Waals surface area contributed by atoms with Gasteiger partial charge < -0.3 is 11.1 Å². The molecule has 0 aromatic carbocycles. The standard InChI is InChI=1S/C9H13N3O/c1-7(12-6-9(10)13)8-3-2-4-11-5-8/h2-5,7,12H,6H2,1H3,(H2,10,13).